The topological polar surface area (TPSA) is 53.5 Å². The molecule has 134 valence electrons. The highest BCUT2D eigenvalue weighted by Gasteiger charge is 2.30. The largest absolute Gasteiger partial charge is 0.300 e. The van der Waals surface area contributed by atoms with Gasteiger partial charge in [-0.15, -0.1) is 0 Å². The van der Waals surface area contributed by atoms with Gasteiger partial charge in [0, 0.05) is 45.1 Å². The Morgan fingerprint density at radius 3 is 2.36 bits per heavy atom. The summed E-state index contributed by atoms with van der Waals surface area (Å²) in [5, 5.41) is 0. The van der Waals surface area contributed by atoms with Crippen molar-refractivity contribution in [1.29, 1.82) is 0 Å². The lowest BCUT2D eigenvalue weighted by Crippen LogP contribution is -2.49. The Hall–Kier alpha value is -1.90. The SMILES string of the molecule is O=S(=O)(c1cc(F)ccc1F)N1CCN(CCc2ccncc2)CC1. The van der Waals surface area contributed by atoms with Crippen molar-refractivity contribution in [1.82, 2.24) is 14.2 Å². The third kappa shape index (κ3) is 4.20. The molecule has 0 unspecified atom stereocenters. The number of pyridine rings is 1. The van der Waals surface area contributed by atoms with E-state index in [0.717, 1.165) is 31.2 Å². The van der Waals surface area contributed by atoms with E-state index in [4.69, 9.17) is 0 Å². The Kier molecular flexibility index (Phi) is 5.41. The van der Waals surface area contributed by atoms with E-state index < -0.39 is 26.6 Å². The number of halogens is 2. The van der Waals surface area contributed by atoms with Gasteiger partial charge in [-0.2, -0.15) is 4.31 Å². The van der Waals surface area contributed by atoms with E-state index in [2.05, 4.69) is 9.88 Å². The molecule has 1 aromatic heterocycles. The standard InChI is InChI=1S/C17H19F2N3O2S/c18-15-1-2-16(19)17(13-15)25(23,24)22-11-9-21(10-12-22)8-5-14-3-6-20-7-4-14/h1-4,6-7,13H,5,8-12H2. The molecule has 1 aromatic carbocycles. The Bertz CT molecular complexity index is 823. The minimum absolute atomic E-state index is 0.259. The van der Waals surface area contributed by atoms with E-state index in [1.54, 1.807) is 12.4 Å². The molecule has 8 heteroatoms. The number of nitrogens with zero attached hydrogens (tertiary/aromatic N) is 3. The molecular weight excluding hydrogens is 348 g/mol. The summed E-state index contributed by atoms with van der Waals surface area (Å²) in [5.74, 6) is -1.70. The van der Waals surface area contributed by atoms with Crippen molar-refractivity contribution < 1.29 is 17.2 Å². The number of aromatic nitrogens is 1. The van der Waals surface area contributed by atoms with Crippen LogP contribution in [0, 0.1) is 11.6 Å². The van der Waals surface area contributed by atoms with E-state index in [0.29, 0.717) is 13.1 Å². The van der Waals surface area contributed by atoms with Gasteiger partial charge in [0.2, 0.25) is 10.0 Å². The smallest absolute Gasteiger partial charge is 0.246 e. The van der Waals surface area contributed by atoms with Crippen LogP contribution in [0.3, 0.4) is 0 Å². The second kappa shape index (κ2) is 7.55. The summed E-state index contributed by atoms with van der Waals surface area (Å²) in [6.45, 7) is 2.44. The van der Waals surface area contributed by atoms with Gasteiger partial charge in [-0.3, -0.25) is 4.98 Å². The van der Waals surface area contributed by atoms with Crippen LogP contribution >= 0.6 is 0 Å². The second-order valence-corrected chi connectivity index (χ2v) is 7.83. The Balaban J connectivity index is 1.60. The van der Waals surface area contributed by atoms with Crippen molar-refractivity contribution in [2.45, 2.75) is 11.3 Å². The average Bonchev–Trinajstić information content (AvgIpc) is 2.63. The second-order valence-electron chi connectivity index (χ2n) is 5.93. The van der Waals surface area contributed by atoms with Gasteiger partial charge in [-0.1, -0.05) is 0 Å². The molecule has 1 saturated heterocycles. The lowest BCUT2D eigenvalue weighted by atomic mass is 10.2. The third-order valence-corrected chi connectivity index (χ3v) is 6.22. The van der Waals surface area contributed by atoms with Crippen LogP contribution in [0.1, 0.15) is 5.56 Å². The fourth-order valence-corrected chi connectivity index (χ4v) is 4.34. The Morgan fingerprint density at radius 1 is 1.00 bits per heavy atom. The maximum Gasteiger partial charge on any atom is 0.246 e. The molecule has 0 atom stereocenters. The molecule has 0 radical (unpaired) electrons. The zero-order valence-corrected chi connectivity index (χ0v) is 14.4. The molecule has 0 spiro atoms. The molecule has 0 saturated carbocycles. The summed E-state index contributed by atoms with van der Waals surface area (Å²) >= 11 is 0. The first-order valence-corrected chi connectivity index (χ1v) is 9.47. The Labute approximate surface area is 146 Å². The highest BCUT2D eigenvalue weighted by molar-refractivity contribution is 7.89. The van der Waals surface area contributed by atoms with Crippen LogP contribution in [-0.2, 0) is 16.4 Å². The van der Waals surface area contributed by atoms with E-state index >= 15 is 0 Å². The van der Waals surface area contributed by atoms with E-state index in [1.807, 2.05) is 12.1 Å². The zero-order chi connectivity index (χ0) is 17.9. The van der Waals surface area contributed by atoms with Gasteiger partial charge in [-0.25, -0.2) is 17.2 Å². The molecule has 3 rings (SSSR count). The molecule has 0 amide bonds. The minimum atomic E-state index is -4.02. The van der Waals surface area contributed by atoms with Crippen LogP contribution < -0.4 is 0 Å². The molecule has 2 heterocycles. The number of rotatable bonds is 5. The van der Waals surface area contributed by atoms with E-state index in [9.17, 15) is 17.2 Å². The zero-order valence-electron chi connectivity index (χ0n) is 13.6. The minimum Gasteiger partial charge on any atom is -0.300 e. The average molecular weight is 367 g/mol. The number of hydrogen-bond donors (Lipinski definition) is 0. The maximum atomic E-state index is 13.8. The van der Waals surface area contributed by atoms with Crippen molar-refractivity contribution in [3.8, 4) is 0 Å². The van der Waals surface area contributed by atoms with Crippen LogP contribution in [0.25, 0.3) is 0 Å². The fourth-order valence-electron chi connectivity index (χ4n) is 2.84. The predicted molar refractivity (Wildman–Crippen MR) is 89.5 cm³/mol. The molecule has 1 fully saturated rings. The number of piperazine rings is 1. The lowest BCUT2D eigenvalue weighted by molar-refractivity contribution is 0.190. The molecular formula is C17H19F2N3O2S. The van der Waals surface area contributed by atoms with Gasteiger partial charge in [0.15, 0.2) is 0 Å². The highest BCUT2D eigenvalue weighted by Crippen LogP contribution is 2.21. The molecule has 0 bridgehead atoms. The van der Waals surface area contributed by atoms with Crippen molar-refractivity contribution in [3.63, 3.8) is 0 Å². The Morgan fingerprint density at radius 2 is 1.68 bits per heavy atom. The molecule has 25 heavy (non-hydrogen) atoms. The number of benzene rings is 1. The van der Waals surface area contributed by atoms with Crippen LogP contribution in [0.4, 0.5) is 8.78 Å². The fraction of sp³-hybridized carbons (Fsp3) is 0.353. The lowest BCUT2D eigenvalue weighted by Gasteiger charge is -2.34. The van der Waals surface area contributed by atoms with Crippen molar-refractivity contribution in [3.05, 3.63) is 59.9 Å². The number of sulfonamides is 1. The molecule has 1 aliphatic heterocycles. The van der Waals surface area contributed by atoms with Gasteiger partial charge in [0.1, 0.15) is 16.5 Å². The molecule has 0 N–H and O–H groups in total. The van der Waals surface area contributed by atoms with Gasteiger partial charge in [-0.05, 0) is 42.3 Å². The van der Waals surface area contributed by atoms with Gasteiger partial charge in [0.05, 0.1) is 0 Å². The predicted octanol–water partition coefficient (Wildman–Crippen LogP) is 1.91. The molecule has 0 aliphatic carbocycles. The van der Waals surface area contributed by atoms with Crippen LogP contribution in [0.15, 0.2) is 47.6 Å². The van der Waals surface area contributed by atoms with Gasteiger partial charge < -0.3 is 4.90 Å². The maximum absolute atomic E-state index is 13.8. The first kappa shape index (κ1) is 17.9. The summed E-state index contributed by atoms with van der Waals surface area (Å²) in [4.78, 5) is 5.54. The first-order chi connectivity index (χ1) is 12.0. The number of hydrogen-bond acceptors (Lipinski definition) is 4. The summed E-state index contributed by atoms with van der Waals surface area (Å²) < 4.78 is 53.4. The summed E-state index contributed by atoms with van der Waals surface area (Å²) in [5.41, 5.74) is 1.17. The third-order valence-electron chi connectivity index (χ3n) is 4.31. The molecule has 2 aromatic rings. The summed E-state index contributed by atoms with van der Waals surface area (Å²) in [6.07, 6.45) is 4.34. The highest BCUT2D eigenvalue weighted by atomic mass is 32.2. The first-order valence-electron chi connectivity index (χ1n) is 8.03. The van der Waals surface area contributed by atoms with Crippen LogP contribution in [-0.4, -0.2) is 55.3 Å². The van der Waals surface area contributed by atoms with Crippen LogP contribution in [0.2, 0.25) is 0 Å². The van der Waals surface area contributed by atoms with Crippen LogP contribution in [0.5, 0.6) is 0 Å². The van der Waals surface area contributed by atoms with Crippen molar-refractivity contribution in [2.75, 3.05) is 32.7 Å². The molecule has 1 aliphatic rings. The van der Waals surface area contributed by atoms with Gasteiger partial charge in [0.25, 0.3) is 0 Å². The quantitative estimate of drug-likeness (QED) is 0.810. The monoisotopic (exact) mass is 367 g/mol. The van der Waals surface area contributed by atoms with Gasteiger partial charge >= 0.3 is 0 Å². The van der Waals surface area contributed by atoms with Crippen molar-refractivity contribution in [2.24, 2.45) is 0 Å². The van der Waals surface area contributed by atoms with E-state index in [1.165, 1.54) is 9.87 Å². The van der Waals surface area contributed by atoms with Crippen molar-refractivity contribution >= 4 is 10.0 Å². The summed E-state index contributed by atoms with van der Waals surface area (Å²) in [6, 6.07) is 6.39. The normalized spacial score (nSPS) is 16.9. The molecule has 5 nitrogen and oxygen atoms in total. The summed E-state index contributed by atoms with van der Waals surface area (Å²) in [7, 11) is -4.02. The van der Waals surface area contributed by atoms with E-state index in [-0.39, 0.29) is 13.1 Å².